The van der Waals surface area contributed by atoms with Gasteiger partial charge in [0.05, 0.1) is 14.2 Å². The molecule has 0 amide bonds. The molecule has 0 atom stereocenters. The van der Waals surface area contributed by atoms with Crippen molar-refractivity contribution in [3.05, 3.63) is 77.6 Å². The number of nitrogens with zero attached hydrogens (tertiary/aromatic N) is 3. The van der Waals surface area contributed by atoms with Crippen LogP contribution in [0, 0.1) is 6.92 Å². The predicted octanol–water partition coefficient (Wildman–Crippen LogP) is 4.01. The fourth-order valence-corrected chi connectivity index (χ4v) is 2.69. The summed E-state index contributed by atoms with van der Waals surface area (Å²) >= 11 is 0. The van der Waals surface area contributed by atoms with Crippen LogP contribution in [0.3, 0.4) is 0 Å². The summed E-state index contributed by atoms with van der Waals surface area (Å²) in [4.78, 5) is 11.2. The smallest absolute Gasteiger partial charge is 0.226 e. The summed E-state index contributed by atoms with van der Waals surface area (Å²) in [5.74, 6) is 2.42. The molecule has 0 saturated carbocycles. The van der Waals surface area contributed by atoms with E-state index in [1.165, 1.54) is 11.1 Å². The van der Waals surface area contributed by atoms with Gasteiger partial charge in [0.25, 0.3) is 0 Å². The average Bonchev–Trinajstić information content (AvgIpc) is 2.68. The summed E-state index contributed by atoms with van der Waals surface area (Å²) in [6.07, 6.45) is 1.80. The second-order valence-electron chi connectivity index (χ2n) is 6.05. The number of methoxy groups -OCH3 is 2. The Labute approximate surface area is 154 Å². The third kappa shape index (κ3) is 4.51. The molecule has 3 rings (SSSR count). The lowest BCUT2D eigenvalue weighted by molar-refractivity contribution is 0.414. The van der Waals surface area contributed by atoms with Crippen LogP contribution in [0.1, 0.15) is 16.8 Å². The van der Waals surface area contributed by atoms with Crippen LogP contribution in [0.25, 0.3) is 0 Å². The van der Waals surface area contributed by atoms with Crippen LogP contribution in [0.4, 0.5) is 5.95 Å². The summed E-state index contributed by atoms with van der Waals surface area (Å²) in [6, 6.07) is 18.0. The van der Waals surface area contributed by atoms with Gasteiger partial charge in [-0.1, -0.05) is 24.3 Å². The maximum absolute atomic E-state index is 5.24. The topological polar surface area (TPSA) is 47.5 Å². The van der Waals surface area contributed by atoms with Gasteiger partial charge < -0.3 is 14.4 Å². The van der Waals surface area contributed by atoms with E-state index in [1.54, 1.807) is 20.4 Å². The van der Waals surface area contributed by atoms with Crippen LogP contribution >= 0.6 is 0 Å². The van der Waals surface area contributed by atoms with Crippen molar-refractivity contribution in [2.45, 2.75) is 20.0 Å². The van der Waals surface area contributed by atoms with E-state index < -0.39 is 0 Å². The summed E-state index contributed by atoms with van der Waals surface area (Å²) < 4.78 is 10.5. The highest BCUT2D eigenvalue weighted by molar-refractivity contribution is 5.37. The molecule has 0 fully saturated rings. The number of hydrogen-bond acceptors (Lipinski definition) is 5. The molecule has 1 heterocycles. The van der Waals surface area contributed by atoms with Crippen molar-refractivity contribution in [1.82, 2.24) is 9.97 Å². The fourth-order valence-electron chi connectivity index (χ4n) is 2.69. The van der Waals surface area contributed by atoms with Gasteiger partial charge in [-0.2, -0.15) is 0 Å². The SMILES string of the molecule is COc1ccc(CN(Cc2ccc(OC)cc2)c2nccc(C)n2)cc1. The van der Waals surface area contributed by atoms with Gasteiger partial charge in [0.2, 0.25) is 5.95 Å². The molecule has 1 aromatic heterocycles. The Hall–Kier alpha value is -3.08. The van der Waals surface area contributed by atoms with E-state index in [0.717, 1.165) is 23.1 Å². The maximum atomic E-state index is 5.24. The van der Waals surface area contributed by atoms with Crippen LogP contribution in [-0.4, -0.2) is 24.2 Å². The first-order valence-corrected chi connectivity index (χ1v) is 8.48. The summed E-state index contributed by atoms with van der Waals surface area (Å²) in [5, 5.41) is 0. The van der Waals surface area contributed by atoms with Gasteiger partial charge in [-0.15, -0.1) is 0 Å². The van der Waals surface area contributed by atoms with Crippen molar-refractivity contribution in [1.29, 1.82) is 0 Å². The molecule has 134 valence electrons. The molecule has 0 N–H and O–H groups in total. The molecular weight excluding hydrogens is 326 g/mol. The quantitative estimate of drug-likeness (QED) is 0.645. The summed E-state index contributed by atoms with van der Waals surface area (Å²) in [7, 11) is 3.34. The zero-order chi connectivity index (χ0) is 18.4. The van der Waals surface area contributed by atoms with Gasteiger partial charge >= 0.3 is 0 Å². The minimum absolute atomic E-state index is 0.708. The van der Waals surface area contributed by atoms with Gasteiger partial charge in [-0.05, 0) is 48.4 Å². The largest absolute Gasteiger partial charge is 0.497 e. The molecule has 0 spiro atoms. The van der Waals surface area contributed by atoms with Crippen LogP contribution in [-0.2, 0) is 13.1 Å². The molecule has 0 aliphatic rings. The lowest BCUT2D eigenvalue weighted by atomic mass is 10.1. The van der Waals surface area contributed by atoms with E-state index in [-0.39, 0.29) is 0 Å². The van der Waals surface area contributed by atoms with Crippen molar-refractivity contribution >= 4 is 5.95 Å². The van der Waals surface area contributed by atoms with Crippen LogP contribution in [0.2, 0.25) is 0 Å². The third-order valence-electron chi connectivity index (χ3n) is 4.13. The number of hydrogen-bond donors (Lipinski definition) is 0. The zero-order valence-electron chi connectivity index (χ0n) is 15.3. The van der Waals surface area contributed by atoms with E-state index in [9.17, 15) is 0 Å². The number of aromatic nitrogens is 2. The summed E-state index contributed by atoms with van der Waals surface area (Å²) in [6.45, 7) is 3.39. The Balaban J connectivity index is 1.84. The highest BCUT2D eigenvalue weighted by Gasteiger charge is 2.12. The fraction of sp³-hybridized carbons (Fsp3) is 0.238. The van der Waals surface area contributed by atoms with Crippen molar-refractivity contribution < 1.29 is 9.47 Å². The van der Waals surface area contributed by atoms with Crippen LogP contribution < -0.4 is 14.4 Å². The molecule has 2 aromatic carbocycles. The number of rotatable bonds is 7. The molecule has 0 aliphatic heterocycles. The number of ether oxygens (including phenoxy) is 2. The van der Waals surface area contributed by atoms with Gasteiger partial charge in [0.15, 0.2) is 0 Å². The Kier molecular flexibility index (Phi) is 5.69. The lowest BCUT2D eigenvalue weighted by Gasteiger charge is -2.23. The standard InChI is InChI=1S/C21H23N3O2/c1-16-12-13-22-21(23-16)24(14-17-4-8-19(25-2)9-5-17)15-18-6-10-20(26-3)11-7-18/h4-13H,14-15H2,1-3H3. The van der Waals surface area contributed by atoms with Crippen molar-refractivity contribution in [2.75, 3.05) is 19.1 Å². The summed E-state index contributed by atoms with van der Waals surface area (Å²) in [5.41, 5.74) is 3.29. The molecule has 0 radical (unpaired) electrons. The van der Waals surface area contributed by atoms with Crippen molar-refractivity contribution in [2.24, 2.45) is 0 Å². The monoisotopic (exact) mass is 349 g/mol. The lowest BCUT2D eigenvalue weighted by Crippen LogP contribution is -2.24. The number of aryl methyl sites for hydroxylation is 1. The first kappa shape index (κ1) is 17.7. The Morgan fingerprint density at radius 2 is 1.27 bits per heavy atom. The van der Waals surface area contributed by atoms with Gasteiger partial charge in [0, 0.05) is 25.0 Å². The Morgan fingerprint density at radius 3 is 1.69 bits per heavy atom. The molecule has 5 nitrogen and oxygen atoms in total. The molecule has 0 unspecified atom stereocenters. The second kappa shape index (κ2) is 8.34. The first-order valence-electron chi connectivity index (χ1n) is 8.48. The molecule has 26 heavy (non-hydrogen) atoms. The third-order valence-corrected chi connectivity index (χ3v) is 4.13. The van der Waals surface area contributed by atoms with E-state index in [0.29, 0.717) is 13.1 Å². The van der Waals surface area contributed by atoms with Crippen LogP contribution in [0.5, 0.6) is 11.5 Å². The molecule has 0 aliphatic carbocycles. The molecule has 0 bridgehead atoms. The highest BCUT2D eigenvalue weighted by Crippen LogP contribution is 2.20. The predicted molar refractivity (Wildman–Crippen MR) is 103 cm³/mol. The van der Waals surface area contributed by atoms with E-state index in [2.05, 4.69) is 39.1 Å². The second-order valence-corrected chi connectivity index (χ2v) is 6.05. The van der Waals surface area contributed by atoms with Crippen LogP contribution in [0.15, 0.2) is 60.8 Å². The number of benzene rings is 2. The highest BCUT2D eigenvalue weighted by atomic mass is 16.5. The molecular formula is C21H23N3O2. The van der Waals surface area contributed by atoms with Gasteiger partial charge in [-0.25, -0.2) is 9.97 Å². The van der Waals surface area contributed by atoms with E-state index in [1.807, 2.05) is 37.3 Å². The minimum Gasteiger partial charge on any atom is -0.497 e. The zero-order valence-corrected chi connectivity index (χ0v) is 15.3. The van der Waals surface area contributed by atoms with Crippen molar-refractivity contribution in [3.63, 3.8) is 0 Å². The normalized spacial score (nSPS) is 10.4. The van der Waals surface area contributed by atoms with Crippen molar-refractivity contribution in [3.8, 4) is 11.5 Å². The Morgan fingerprint density at radius 1 is 0.769 bits per heavy atom. The maximum Gasteiger partial charge on any atom is 0.226 e. The van der Waals surface area contributed by atoms with E-state index >= 15 is 0 Å². The van der Waals surface area contributed by atoms with Gasteiger partial charge in [-0.3, -0.25) is 0 Å². The number of anilines is 1. The molecule has 0 saturated heterocycles. The first-order chi connectivity index (χ1) is 12.7. The van der Waals surface area contributed by atoms with E-state index in [4.69, 9.17) is 9.47 Å². The minimum atomic E-state index is 0.708. The van der Waals surface area contributed by atoms with Gasteiger partial charge in [0.1, 0.15) is 11.5 Å². The molecule has 3 aromatic rings. The average molecular weight is 349 g/mol. The molecule has 5 heteroatoms. The Bertz CT molecular complexity index is 783.